The van der Waals surface area contributed by atoms with Gasteiger partial charge in [0.1, 0.15) is 17.3 Å². The average Bonchev–Trinajstić information content (AvgIpc) is 3.43. The Labute approximate surface area is 188 Å². The van der Waals surface area contributed by atoms with Crippen molar-refractivity contribution in [2.45, 2.75) is 19.8 Å². The molecule has 1 amide bonds. The van der Waals surface area contributed by atoms with Crippen molar-refractivity contribution in [2.75, 3.05) is 11.9 Å². The van der Waals surface area contributed by atoms with Gasteiger partial charge in [0, 0.05) is 17.2 Å². The molecule has 4 aromatic rings. The molecule has 1 aromatic carbocycles. The lowest BCUT2D eigenvalue weighted by Crippen LogP contribution is -2.23. The zero-order valence-electron chi connectivity index (χ0n) is 17.3. The first-order valence-corrected chi connectivity index (χ1v) is 10.2. The normalized spacial score (nSPS) is 11.0. The van der Waals surface area contributed by atoms with Gasteiger partial charge in [0.25, 0.3) is 11.5 Å². The minimum atomic E-state index is -0.422. The summed E-state index contributed by atoms with van der Waals surface area (Å²) in [6.07, 6.45) is 1.52. The highest BCUT2D eigenvalue weighted by molar-refractivity contribution is 6.30. The summed E-state index contributed by atoms with van der Waals surface area (Å²) in [6, 6.07) is 13.2. The quantitative estimate of drug-likeness (QED) is 0.437. The standard InChI is InChI=1S/C22H20ClN5O4/c1-13(2)16-11-20(29)26-22(24-16)28-19(10-17(27-28)18-4-3-9-31-18)25-21(30)12-32-15-7-5-14(23)6-8-15/h3-11,13H,12H2,1-2H3,(H,25,30)(H,24,26,29). The summed E-state index contributed by atoms with van der Waals surface area (Å²) in [7, 11) is 0. The average molecular weight is 454 g/mol. The molecule has 0 aliphatic carbocycles. The van der Waals surface area contributed by atoms with E-state index in [0.29, 0.717) is 33.7 Å². The minimum absolute atomic E-state index is 0.0296. The van der Waals surface area contributed by atoms with Gasteiger partial charge in [-0.2, -0.15) is 9.78 Å². The van der Waals surface area contributed by atoms with Gasteiger partial charge in [-0.05, 0) is 42.3 Å². The molecule has 0 atom stereocenters. The fraction of sp³-hybridized carbons (Fsp3) is 0.182. The zero-order chi connectivity index (χ0) is 22.7. The Balaban J connectivity index is 1.63. The van der Waals surface area contributed by atoms with Crippen LogP contribution in [0.5, 0.6) is 5.75 Å². The van der Waals surface area contributed by atoms with Crippen molar-refractivity contribution in [1.82, 2.24) is 19.7 Å². The largest absolute Gasteiger partial charge is 0.484 e. The highest BCUT2D eigenvalue weighted by atomic mass is 35.5. The molecule has 0 saturated heterocycles. The Morgan fingerprint density at radius 1 is 1.25 bits per heavy atom. The van der Waals surface area contributed by atoms with Crippen LogP contribution in [0.3, 0.4) is 0 Å². The van der Waals surface area contributed by atoms with E-state index in [4.69, 9.17) is 20.8 Å². The molecule has 2 N–H and O–H groups in total. The number of nitrogens with one attached hydrogen (secondary N) is 2. The van der Waals surface area contributed by atoms with E-state index in [1.54, 1.807) is 42.5 Å². The molecule has 0 spiro atoms. The lowest BCUT2D eigenvalue weighted by molar-refractivity contribution is -0.118. The molecule has 0 saturated carbocycles. The van der Waals surface area contributed by atoms with Gasteiger partial charge in [-0.15, -0.1) is 0 Å². The van der Waals surface area contributed by atoms with E-state index in [0.717, 1.165) is 0 Å². The van der Waals surface area contributed by atoms with Gasteiger partial charge < -0.3 is 14.5 Å². The van der Waals surface area contributed by atoms with Gasteiger partial charge in [-0.3, -0.25) is 14.6 Å². The molecule has 0 radical (unpaired) electrons. The van der Waals surface area contributed by atoms with Crippen LogP contribution >= 0.6 is 11.6 Å². The van der Waals surface area contributed by atoms with Gasteiger partial charge in [0.05, 0.1) is 12.0 Å². The molecule has 9 nitrogen and oxygen atoms in total. The van der Waals surface area contributed by atoms with E-state index in [1.165, 1.54) is 17.0 Å². The Bertz CT molecular complexity index is 1280. The van der Waals surface area contributed by atoms with Crippen molar-refractivity contribution in [2.24, 2.45) is 0 Å². The first kappa shape index (κ1) is 21.4. The summed E-state index contributed by atoms with van der Waals surface area (Å²) in [4.78, 5) is 31.9. The third kappa shape index (κ3) is 4.89. The number of carbonyl (C=O) groups excluding carboxylic acids is 1. The van der Waals surface area contributed by atoms with Crippen molar-refractivity contribution in [1.29, 1.82) is 0 Å². The molecule has 164 valence electrons. The number of nitrogens with zero attached hydrogens (tertiary/aromatic N) is 3. The summed E-state index contributed by atoms with van der Waals surface area (Å²) in [5.41, 5.74) is 0.737. The van der Waals surface area contributed by atoms with Crippen LogP contribution in [0.4, 0.5) is 5.82 Å². The lowest BCUT2D eigenvalue weighted by atomic mass is 10.1. The second-order valence-electron chi connectivity index (χ2n) is 7.24. The van der Waals surface area contributed by atoms with Crippen LogP contribution in [0.15, 0.2) is 64.0 Å². The molecule has 0 unspecified atom stereocenters. The number of halogens is 1. The van der Waals surface area contributed by atoms with E-state index in [1.807, 2.05) is 13.8 Å². The van der Waals surface area contributed by atoms with E-state index in [9.17, 15) is 9.59 Å². The molecule has 10 heteroatoms. The van der Waals surface area contributed by atoms with Crippen LogP contribution in [0.2, 0.25) is 5.02 Å². The number of rotatable bonds is 7. The first-order chi connectivity index (χ1) is 15.4. The summed E-state index contributed by atoms with van der Waals surface area (Å²) in [5, 5.41) is 7.78. The maximum absolute atomic E-state index is 12.6. The van der Waals surface area contributed by atoms with Gasteiger partial charge in [-0.1, -0.05) is 25.4 Å². The zero-order valence-corrected chi connectivity index (χ0v) is 18.1. The Morgan fingerprint density at radius 2 is 2.03 bits per heavy atom. The van der Waals surface area contributed by atoms with Crippen LogP contribution in [0, 0.1) is 0 Å². The van der Waals surface area contributed by atoms with Crippen molar-refractivity contribution in [3.8, 4) is 23.2 Å². The SMILES string of the molecule is CC(C)c1cc(=O)[nH]c(-n2nc(-c3ccco3)cc2NC(=O)COc2ccc(Cl)cc2)n1. The number of amides is 1. The van der Waals surface area contributed by atoms with Crippen LogP contribution in [-0.2, 0) is 4.79 Å². The van der Waals surface area contributed by atoms with Crippen LogP contribution < -0.4 is 15.6 Å². The molecular weight excluding hydrogens is 434 g/mol. The minimum Gasteiger partial charge on any atom is -0.484 e. The number of H-pyrrole nitrogens is 1. The molecular formula is C22H20ClN5O4. The van der Waals surface area contributed by atoms with Crippen molar-refractivity contribution >= 4 is 23.3 Å². The highest BCUT2D eigenvalue weighted by Crippen LogP contribution is 2.24. The smallest absolute Gasteiger partial charge is 0.263 e. The van der Waals surface area contributed by atoms with Crippen molar-refractivity contribution in [3.63, 3.8) is 0 Å². The van der Waals surface area contributed by atoms with Crippen molar-refractivity contribution in [3.05, 3.63) is 75.9 Å². The van der Waals surface area contributed by atoms with E-state index in [-0.39, 0.29) is 24.0 Å². The molecule has 0 bridgehead atoms. The fourth-order valence-electron chi connectivity index (χ4n) is 2.89. The summed E-state index contributed by atoms with van der Waals surface area (Å²) < 4.78 is 12.3. The third-order valence-corrected chi connectivity index (χ3v) is 4.73. The van der Waals surface area contributed by atoms with Gasteiger partial charge in [-0.25, -0.2) is 4.98 Å². The number of ether oxygens (including phenoxy) is 1. The maximum Gasteiger partial charge on any atom is 0.263 e. The van der Waals surface area contributed by atoms with E-state index >= 15 is 0 Å². The number of benzene rings is 1. The van der Waals surface area contributed by atoms with Crippen molar-refractivity contribution < 1.29 is 13.9 Å². The monoisotopic (exact) mass is 453 g/mol. The summed E-state index contributed by atoms with van der Waals surface area (Å²) in [5.74, 6) is 1.08. The number of furan rings is 1. The number of anilines is 1. The van der Waals surface area contributed by atoms with Gasteiger partial charge in [0.15, 0.2) is 12.4 Å². The maximum atomic E-state index is 12.6. The predicted octanol–water partition coefficient (Wildman–Crippen LogP) is 4.01. The van der Waals surface area contributed by atoms with Crippen LogP contribution in [0.25, 0.3) is 17.4 Å². The Kier molecular flexibility index (Phi) is 6.09. The molecule has 0 aliphatic rings. The molecule has 0 aliphatic heterocycles. The number of hydrogen-bond acceptors (Lipinski definition) is 6. The van der Waals surface area contributed by atoms with E-state index < -0.39 is 5.91 Å². The molecule has 32 heavy (non-hydrogen) atoms. The van der Waals surface area contributed by atoms with Crippen LogP contribution in [0.1, 0.15) is 25.5 Å². The first-order valence-electron chi connectivity index (χ1n) is 9.83. The molecule has 3 aromatic heterocycles. The fourth-order valence-corrected chi connectivity index (χ4v) is 3.02. The van der Waals surface area contributed by atoms with Crippen LogP contribution in [-0.4, -0.2) is 32.3 Å². The second kappa shape index (κ2) is 9.11. The summed E-state index contributed by atoms with van der Waals surface area (Å²) >= 11 is 5.86. The number of hydrogen-bond donors (Lipinski definition) is 2. The van der Waals surface area contributed by atoms with Gasteiger partial charge >= 0.3 is 0 Å². The second-order valence-corrected chi connectivity index (χ2v) is 7.68. The number of aromatic amines is 1. The molecule has 0 fully saturated rings. The Morgan fingerprint density at radius 3 is 2.72 bits per heavy atom. The van der Waals surface area contributed by atoms with Gasteiger partial charge in [0.2, 0.25) is 5.95 Å². The van der Waals surface area contributed by atoms with E-state index in [2.05, 4.69) is 20.4 Å². The topological polar surface area (TPSA) is 115 Å². The molecule has 4 rings (SSSR count). The number of aromatic nitrogens is 4. The predicted molar refractivity (Wildman–Crippen MR) is 119 cm³/mol. The number of carbonyl (C=O) groups is 1. The highest BCUT2D eigenvalue weighted by Gasteiger charge is 2.18. The third-order valence-electron chi connectivity index (χ3n) is 4.48. The lowest BCUT2D eigenvalue weighted by Gasteiger charge is -2.11. The summed E-state index contributed by atoms with van der Waals surface area (Å²) in [6.45, 7) is 3.62. The molecule has 3 heterocycles. The Hall–Kier alpha value is -3.85.